The topological polar surface area (TPSA) is 104 Å². The van der Waals surface area contributed by atoms with Gasteiger partial charge >= 0.3 is 0 Å². The van der Waals surface area contributed by atoms with Gasteiger partial charge in [-0.3, -0.25) is 9.78 Å². The van der Waals surface area contributed by atoms with Gasteiger partial charge in [-0.1, -0.05) is 24.3 Å². The van der Waals surface area contributed by atoms with E-state index in [1.165, 1.54) is 0 Å². The molecule has 1 N–H and O–H groups in total. The summed E-state index contributed by atoms with van der Waals surface area (Å²) in [6.07, 6.45) is 1.92. The van der Waals surface area contributed by atoms with Crippen LogP contribution < -0.4 is 14.8 Å². The zero-order chi connectivity index (χ0) is 24.2. The number of aromatic nitrogens is 5. The van der Waals surface area contributed by atoms with Crippen molar-refractivity contribution in [3.8, 4) is 34.3 Å². The van der Waals surface area contributed by atoms with Gasteiger partial charge in [0.05, 0.1) is 26.3 Å². The van der Waals surface area contributed by atoms with Crippen LogP contribution in [0.2, 0.25) is 0 Å². The maximum atomic E-state index is 12.6. The Morgan fingerprint density at radius 3 is 2.46 bits per heavy atom. The molecule has 5 aromatic rings. The second-order valence-corrected chi connectivity index (χ2v) is 7.72. The van der Waals surface area contributed by atoms with E-state index in [0.29, 0.717) is 34.4 Å². The highest BCUT2D eigenvalue weighted by Gasteiger charge is 2.12. The van der Waals surface area contributed by atoms with Crippen molar-refractivity contribution in [3.05, 3.63) is 84.6 Å². The summed E-state index contributed by atoms with van der Waals surface area (Å²) in [4.78, 5) is 16.9. The van der Waals surface area contributed by atoms with Gasteiger partial charge in [-0.15, -0.1) is 10.2 Å². The zero-order valence-corrected chi connectivity index (χ0v) is 19.2. The van der Waals surface area contributed by atoms with Gasteiger partial charge in [-0.25, -0.2) is 0 Å². The Hall–Kier alpha value is -4.79. The minimum atomic E-state index is -0.131. The SMILES string of the molecule is COc1ccc(CC(=O)Nc2ccc(-c3ccc4nnc(-c5ccccn5)n4n3)cc2)cc1OC. The molecule has 1 amide bonds. The van der Waals surface area contributed by atoms with Gasteiger partial charge in [0.1, 0.15) is 5.69 Å². The van der Waals surface area contributed by atoms with E-state index in [-0.39, 0.29) is 12.3 Å². The lowest BCUT2D eigenvalue weighted by Crippen LogP contribution is -2.14. The summed E-state index contributed by atoms with van der Waals surface area (Å²) < 4.78 is 12.2. The van der Waals surface area contributed by atoms with E-state index in [4.69, 9.17) is 14.6 Å². The number of methoxy groups -OCH3 is 2. The molecule has 0 saturated carbocycles. The fraction of sp³-hybridized carbons (Fsp3) is 0.115. The highest BCUT2D eigenvalue weighted by Crippen LogP contribution is 2.28. The Balaban J connectivity index is 1.31. The molecule has 0 fully saturated rings. The number of rotatable bonds is 7. The molecule has 35 heavy (non-hydrogen) atoms. The first-order valence-corrected chi connectivity index (χ1v) is 10.9. The predicted octanol–water partition coefficient (Wildman–Crippen LogP) is 4.05. The molecule has 0 spiro atoms. The molecule has 0 unspecified atom stereocenters. The van der Waals surface area contributed by atoms with E-state index < -0.39 is 0 Å². The van der Waals surface area contributed by atoms with Gasteiger partial charge in [0.15, 0.2) is 17.1 Å². The lowest BCUT2D eigenvalue weighted by molar-refractivity contribution is -0.115. The molecule has 0 atom stereocenters. The number of carbonyl (C=O) groups is 1. The molecule has 9 nitrogen and oxygen atoms in total. The molecule has 0 saturated heterocycles. The molecular weight excluding hydrogens is 444 g/mol. The van der Waals surface area contributed by atoms with Gasteiger partial charge in [0, 0.05) is 17.4 Å². The quantitative estimate of drug-likeness (QED) is 0.386. The van der Waals surface area contributed by atoms with E-state index in [2.05, 4.69) is 20.5 Å². The molecule has 5 rings (SSSR count). The lowest BCUT2D eigenvalue weighted by atomic mass is 10.1. The number of hydrogen-bond acceptors (Lipinski definition) is 7. The van der Waals surface area contributed by atoms with Crippen molar-refractivity contribution in [2.75, 3.05) is 19.5 Å². The molecule has 2 aromatic carbocycles. The molecule has 9 heteroatoms. The van der Waals surface area contributed by atoms with Gasteiger partial charge in [-0.2, -0.15) is 9.61 Å². The smallest absolute Gasteiger partial charge is 0.228 e. The van der Waals surface area contributed by atoms with Crippen molar-refractivity contribution in [1.82, 2.24) is 24.8 Å². The standard InChI is InChI=1S/C26H22N6O3/c1-34-22-12-6-17(15-23(22)35-2)16-25(33)28-19-9-7-18(8-10-19)20-11-13-24-29-30-26(32(24)31-20)21-5-3-4-14-27-21/h3-15H,16H2,1-2H3,(H,28,33). The third kappa shape index (κ3) is 4.65. The Bertz CT molecular complexity index is 1480. The summed E-state index contributed by atoms with van der Waals surface area (Å²) in [5.41, 5.74) is 4.49. The van der Waals surface area contributed by atoms with Gasteiger partial charge < -0.3 is 14.8 Å². The Labute approximate surface area is 201 Å². The molecule has 0 aliphatic carbocycles. The highest BCUT2D eigenvalue weighted by molar-refractivity contribution is 5.92. The molecule has 174 valence electrons. The van der Waals surface area contributed by atoms with Crippen LogP contribution in [-0.4, -0.2) is 44.9 Å². The largest absolute Gasteiger partial charge is 0.493 e. The first-order chi connectivity index (χ1) is 17.1. The summed E-state index contributed by atoms with van der Waals surface area (Å²) in [6.45, 7) is 0. The zero-order valence-electron chi connectivity index (χ0n) is 19.2. The minimum Gasteiger partial charge on any atom is -0.493 e. The van der Waals surface area contributed by atoms with Crippen LogP contribution in [0.15, 0.2) is 79.0 Å². The van der Waals surface area contributed by atoms with Crippen molar-refractivity contribution in [2.45, 2.75) is 6.42 Å². The van der Waals surface area contributed by atoms with Gasteiger partial charge in [-0.05, 0) is 54.1 Å². The van der Waals surface area contributed by atoms with Gasteiger partial charge in [0.25, 0.3) is 0 Å². The average Bonchev–Trinajstić information content (AvgIpc) is 3.33. The van der Waals surface area contributed by atoms with Crippen LogP contribution in [0.25, 0.3) is 28.4 Å². The third-order valence-corrected chi connectivity index (χ3v) is 5.43. The number of hydrogen-bond donors (Lipinski definition) is 1. The number of nitrogens with one attached hydrogen (secondary N) is 1. The van der Waals surface area contributed by atoms with Crippen LogP contribution in [0.3, 0.4) is 0 Å². The first-order valence-electron chi connectivity index (χ1n) is 10.9. The number of benzene rings is 2. The van der Waals surface area contributed by atoms with E-state index in [1.807, 2.05) is 60.7 Å². The Kier molecular flexibility index (Phi) is 6.04. The average molecular weight is 467 g/mol. The number of pyridine rings is 1. The van der Waals surface area contributed by atoms with E-state index in [0.717, 1.165) is 16.8 Å². The number of amides is 1. The van der Waals surface area contributed by atoms with Crippen LogP contribution in [0.4, 0.5) is 5.69 Å². The molecule has 0 radical (unpaired) electrons. The summed E-state index contributed by atoms with van der Waals surface area (Å²) in [5, 5.41) is 16.0. The highest BCUT2D eigenvalue weighted by atomic mass is 16.5. The van der Waals surface area contributed by atoms with E-state index in [9.17, 15) is 4.79 Å². The molecular formula is C26H22N6O3. The number of anilines is 1. The maximum absolute atomic E-state index is 12.6. The van der Waals surface area contributed by atoms with Crippen LogP contribution >= 0.6 is 0 Å². The number of nitrogens with zero attached hydrogens (tertiary/aromatic N) is 5. The summed E-state index contributed by atoms with van der Waals surface area (Å²) in [5.74, 6) is 1.65. The summed E-state index contributed by atoms with van der Waals surface area (Å²) in [6, 6.07) is 22.3. The fourth-order valence-electron chi connectivity index (χ4n) is 3.70. The molecule has 0 aliphatic heterocycles. The van der Waals surface area contributed by atoms with Crippen molar-refractivity contribution < 1.29 is 14.3 Å². The van der Waals surface area contributed by atoms with Crippen LogP contribution in [0, 0.1) is 0 Å². The molecule has 0 bridgehead atoms. The first kappa shape index (κ1) is 22.0. The number of carbonyl (C=O) groups excluding carboxylic acids is 1. The summed E-state index contributed by atoms with van der Waals surface area (Å²) in [7, 11) is 3.14. The van der Waals surface area contributed by atoms with Crippen LogP contribution in [0.5, 0.6) is 11.5 Å². The Morgan fingerprint density at radius 1 is 0.886 bits per heavy atom. The third-order valence-electron chi connectivity index (χ3n) is 5.43. The molecule has 0 aliphatic rings. The van der Waals surface area contributed by atoms with Gasteiger partial charge in [0.2, 0.25) is 11.7 Å². The van der Waals surface area contributed by atoms with Crippen LogP contribution in [0.1, 0.15) is 5.56 Å². The van der Waals surface area contributed by atoms with Crippen molar-refractivity contribution in [2.24, 2.45) is 0 Å². The second-order valence-electron chi connectivity index (χ2n) is 7.72. The number of fused-ring (bicyclic) bond motifs is 1. The number of ether oxygens (including phenoxy) is 2. The molecule has 3 aromatic heterocycles. The van der Waals surface area contributed by atoms with Crippen molar-refractivity contribution in [1.29, 1.82) is 0 Å². The van der Waals surface area contributed by atoms with Crippen LogP contribution in [-0.2, 0) is 11.2 Å². The minimum absolute atomic E-state index is 0.131. The predicted molar refractivity (Wildman–Crippen MR) is 131 cm³/mol. The van der Waals surface area contributed by atoms with E-state index >= 15 is 0 Å². The Morgan fingerprint density at radius 2 is 1.71 bits per heavy atom. The maximum Gasteiger partial charge on any atom is 0.228 e. The fourth-order valence-corrected chi connectivity index (χ4v) is 3.70. The lowest BCUT2D eigenvalue weighted by Gasteiger charge is -2.10. The monoisotopic (exact) mass is 466 g/mol. The second kappa shape index (κ2) is 9.60. The molecule has 3 heterocycles. The summed E-state index contributed by atoms with van der Waals surface area (Å²) >= 11 is 0. The van der Waals surface area contributed by atoms with Crippen molar-refractivity contribution in [3.63, 3.8) is 0 Å². The normalized spacial score (nSPS) is 10.8. The van der Waals surface area contributed by atoms with E-state index in [1.54, 1.807) is 37.1 Å². The van der Waals surface area contributed by atoms with Crippen molar-refractivity contribution >= 4 is 17.2 Å².